The molecule has 20 heavy (non-hydrogen) atoms. The minimum atomic E-state index is -4.41. The van der Waals surface area contributed by atoms with E-state index in [1.54, 1.807) is 0 Å². The summed E-state index contributed by atoms with van der Waals surface area (Å²) in [7, 11) is 1.99. The zero-order valence-corrected chi connectivity index (χ0v) is 13.3. The first-order valence-corrected chi connectivity index (χ1v) is 7.18. The van der Waals surface area contributed by atoms with Crippen molar-refractivity contribution in [2.75, 3.05) is 25.5 Å². The van der Waals surface area contributed by atoms with Crippen molar-refractivity contribution in [2.45, 2.75) is 32.5 Å². The Morgan fingerprint density at radius 3 is 2.60 bits per heavy atom. The van der Waals surface area contributed by atoms with Crippen molar-refractivity contribution in [1.82, 2.24) is 9.88 Å². The van der Waals surface area contributed by atoms with Gasteiger partial charge in [0.15, 0.2) is 0 Å². The third kappa shape index (κ3) is 5.28. The molecule has 0 radical (unpaired) electrons. The molecule has 1 N–H and O–H groups in total. The van der Waals surface area contributed by atoms with Crippen LogP contribution in [0.25, 0.3) is 0 Å². The number of pyridine rings is 1. The van der Waals surface area contributed by atoms with Crippen LogP contribution in [0.3, 0.4) is 0 Å². The molecule has 0 unspecified atom stereocenters. The van der Waals surface area contributed by atoms with E-state index in [1.807, 2.05) is 7.05 Å². The van der Waals surface area contributed by atoms with Gasteiger partial charge in [-0.2, -0.15) is 13.2 Å². The standard InChI is InChI=1S/C13H19BrF3N3/c1-9(2)20(3)6-4-5-18-12-11(13(15,16)17)7-10(14)8-19-12/h7-9H,4-6H2,1-3H3,(H,18,19). The van der Waals surface area contributed by atoms with Crippen molar-refractivity contribution in [3.05, 3.63) is 22.3 Å². The number of nitrogens with zero attached hydrogens (tertiary/aromatic N) is 2. The fourth-order valence-electron chi connectivity index (χ4n) is 1.59. The first-order valence-electron chi connectivity index (χ1n) is 6.38. The molecule has 114 valence electrons. The summed E-state index contributed by atoms with van der Waals surface area (Å²) in [5, 5.41) is 2.76. The van der Waals surface area contributed by atoms with Gasteiger partial charge in [-0.05, 0) is 55.9 Å². The minimum Gasteiger partial charge on any atom is -0.370 e. The van der Waals surface area contributed by atoms with Gasteiger partial charge in [-0.15, -0.1) is 0 Å². The molecule has 0 amide bonds. The van der Waals surface area contributed by atoms with Crippen molar-refractivity contribution in [3.63, 3.8) is 0 Å². The van der Waals surface area contributed by atoms with E-state index in [-0.39, 0.29) is 5.82 Å². The van der Waals surface area contributed by atoms with E-state index in [1.165, 1.54) is 6.20 Å². The van der Waals surface area contributed by atoms with Crippen molar-refractivity contribution >= 4 is 21.7 Å². The number of aromatic nitrogens is 1. The Hall–Kier alpha value is -0.820. The van der Waals surface area contributed by atoms with Gasteiger partial charge in [0.2, 0.25) is 0 Å². The number of rotatable bonds is 6. The first-order chi connectivity index (χ1) is 9.21. The average molecular weight is 354 g/mol. The van der Waals surface area contributed by atoms with Crippen molar-refractivity contribution in [2.24, 2.45) is 0 Å². The Balaban J connectivity index is 2.60. The lowest BCUT2D eigenvalue weighted by Crippen LogP contribution is -2.28. The topological polar surface area (TPSA) is 28.2 Å². The first kappa shape index (κ1) is 17.2. The monoisotopic (exact) mass is 353 g/mol. The van der Waals surface area contributed by atoms with Crippen LogP contribution in [-0.2, 0) is 6.18 Å². The maximum atomic E-state index is 12.9. The third-order valence-electron chi connectivity index (χ3n) is 3.02. The molecule has 3 nitrogen and oxygen atoms in total. The van der Waals surface area contributed by atoms with Crippen LogP contribution < -0.4 is 5.32 Å². The molecule has 0 aliphatic carbocycles. The van der Waals surface area contributed by atoms with Gasteiger partial charge in [0.25, 0.3) is 0 Å². The molecule has 0 aliphatic rings. The fourth-order valence-corrected chi connectivity index (χ4v) is 1.92. The van der Waals surface area contributed by atoms with Crippen LogP contribution in [-0.4, -0.2) is 36.1 Å². The second-order valence-corrected chi connectivity index (χ2v) is 5.82. The van der Waals surface area contributed by atoms with Gasteiger partial charge in [0.1, 0.15) is 5.82 Å². The number of alkyl halides is 3. The van der Waals surface area contributed by atoms with E-state index in [4.69, 9.17) is 0 Å². The Morgan fingerprint density at radius 2 is 2.05 bits per heavy atom. The molecule has 0 aliphatic heterocycles. The number of hydrogen-bond acceptors (Lipinski definition) is 3. The highest BCUT2D eigenvalue weighted by Crippen LogP contribution is 2.35. The van der Waals surface area contributed by atoms with Crippen LogP contribution in [0, 0.1) is 0 Å². The van der Waals surface area contributed by atoms with E-state index in [2.05, 4.69) is 45.0 Å². The van der Waals surface area contributed by atoms with Crippen LogP contribution in [0.2, 0.25) is 0 Å². The molecule has 1 aromatic heterocycles. The second-order valence-electron chi connectivity index (χ2n) is 4.90. The average Bonchev–Trinajstić information content (AvgIpc) is 2.34. The molecule has 7 heteroatoms. The molecule has 0 bridgehead atoms. The molecule has 0 fully saturated rings. The van der Waals surface area contributed by atoms with Crippen molar-refractivity contribution < 1.29 is 13.2 Å². The SMILES string of the molecule is CC(C)N(C)CCCNc1ncc(Br)cc1C(F)(F)F. The van der Waals surface area contributed by atoms with Gasteiger partial charge in [-0.25, -0.2) is 4.98 Å². The van der Waals surface area contributed by atoms with Gasteiger partial charge in [0.05, 0.1) is 5.56 Å². The summed E-state index contributed by atoms with van der Waals surface area (Å²) in [6.45, 7) is 5.42. The number of hydrogen-bond donors (Lipinski definition) is 1. The summed E-state index contributed by atoms with van der Waals surface area (Å²) < 4.78 is 38.9. The lowest BCUT2D eigenvalue weighted by atomic mass is 10.2. The molecule has 0 aromatic carbocycles. The van der Waals surface area contributed by atoms with E-state index < -0.39 is 11.7 Å². The second kappa shape index (κ2) is 7.26. The molecule has 1 aromatic rings. The summed E-state index contributed by atoms with van der Waals surface area (Å²) in [6, 6.07) is 1.46. The number of halogens is 4. The van der Waals surface area contributed by atoms with E-state index in [0.29, 0.717) is 17.1 Å². The smallest absolute Gasteiger partial charge is 0.370 e. The van der Waals surface area contributed by atoms with Gasteiger partial charge >= 0.3 is 6.18 Å². The van der Waals surface area contributed by atoms with E-state index in [0.717, 1.165) is 19.0 Å². The fraction of sp³-hybridized carbons (Fsp3) is 0.615. The summed E-state index contributed by atoms with van der Waals surface area (Å²) in [5.74, 6) is -0.118. The number of nitrogens with one attached hydrogen (secondary N) is 1. The third-order valence-corrected chi connectivity index (χ3v) is 3.45. The molecule has 0 saturated heterocycles. The van der Waals surface area contributed by atoms with E-state index in [9.17, 15) is 13.2 Å². The molecule has 0 spiro atoms. The van der Waals surface area contributed by atoms with Crippen LogP contribution in [0.4, 0.5) is 19.0 Å². The van der Waals surface area contributed by atoms with Crippen LogP contribution >= 0.6 is 15.9 Å². The predicted octanol–water partition coefficient (Wildman–Crippen LogP) is 4.01. The molecule has 1 rings (SSSR count). The molecular formula is C13H19BrF3N3. The maximum absolute atomic E-state index is 12.9. The maximum Gasteiger partial charge on any atom is 0.419 e. The Morgan fingerprint density at radius 1 is 1.40 bits per heavy atom. The van der Waals surface area contributed by atoms with Gasteiger partial charge < -0.3 is 10.2 Å². The Kier molecular flexibility index (Phi) is 6.26. The van der Waals surface area contributed by atoms with Crippen LogP contribution in [0.15, 0.2) is 16.7 Å². The summed E-state index contributed by atoms with van der Waals surface area (Å²) in [6.07, 6.45) is -2.30. The summed E-state index contributed by atoms with van der Waals surface area (Å²) in [4.78, 5) is 5.95. The van der Waals surface area contributed by atoms with Gasteiger partial charge in [-0.3, -0.25) is 0 Å². The highest BCUT2D eigenvalue weighted by atomic mass is 79.9. The number of anilines is 1. The van der Waals surface area contributed by atoms with Gasteiger partial charge in [0, 0.05) is 23.3 Å². The minimum absolute atomic E-state index is 0.118. The highest BCUT2D eigenvalue weighted by molar-refractivity contribution is 9.10. The largest absolute Gasteiger partial charge is 0.419 e. The Labute approximate surface area is 125 Å². The molecule has 1 heterocycles. The van der Waals surface area contributed by atoms with Crippen molar-refractivity contribution in [1.29, 1.82) is 0 Å². The highest BCUT2D eigenvalue weighted by Gasteiger charge is 2.34. The van der Waals surface area contributed by atoms with Gasteiger partial charge in [-0.1, -0.05) is 0 Å². The quantitative estimate of drug-likeness (QED) is 0.783. The predicted molar refractivity (Wildman–Crippen MR) is 77.8 cm³/mol. The van der Waals surface area contributed by atoms with Crippen LogP contribution in [0.1, 0.15) is 25.8 Å². The molecule has 0 saturated carbocycles. The Bertz CT molecular complexity index is 435. The summed E-state index contributed by atoms with van der Waals surface area (Å²) in [5.41, 5.74) is -0.746. The summed E-state index contributed by atoms with van der Waals surface area (Å²) >= 11 is 3.01. The zero-order chi connectivity index (χ0) is 15.3. The van der Waals surface area contributed by atoms with Crippen LogP contribution in [0.5, 0.6) is 0 Å². The van der Waals surface area contributed by atoms with Crippen molar-refractivity contribution in [3.8, 4) is 0 Å². The normalized spacial score (nSPS) is 12.2. The lowest BCUT2D eigenvalue weighted by Gasteiger charge is -2.21. The van der Waals surface area contributed by atoms with E-state index >= 15 is 0 Å². The zero-order valence-electron chi connectivity index (χ0n) is 11.8. The molecular weight excluding hydrogens is 335 g/mol. The molecule has 0 atom stereocenters. The lowest BCUT2D eigenvalue weighted by molar-refractivity contribution is -0.137.